The summed E-state index contributed by atoms with van der Waals surface area (Å²) in [6.07, 6.45) is 0. The van der Waals surface area contributed by atoms with Crippen LogP contribution in [0.25, 0.3) is 10.1 Å². The third-order valence-corrected chi connectivity index (χ3v) is 5.03. The number of amides is 1. The third-order valence-electron chi connectivity index (χ3n) is 3.92. The molecule has 3 aromatic rings. The molecule has 0 spiro atoms. The van der Waals surface area contributed by atoms with E-state index < -0.39 is 0 Å². The van der Waals surface area contributed by atoms with Crippen LogP contribution in [0.3, 0.4) is 0 Å². The molecule has 24 heavy (non-hydrogen) atoms. The SMILES string of the molecule is COc1ccc2sc(C(=O)N(C)N(C)c3cccc(N)c3)cc2c1. The summed E-state index contributed by atoms with van der Waals surface area (Å²) in [5.74, 6) is 0.713. The summed E-state index contributed by atoms with van der Waals surface area (Å²) in [6, 6.07) is 15.1. The molecular formula is C18H19N3O2S. The number of fused-ring (bicyclic) bond motifs is 1. The highest BCUT2D eigenvalue weighted by Gasteiger charge is 2.19. The second-order valence-corrected chi connectivity index (χ2v) is 6.55. The van der Waals surface area contributed by atoms with Crippen LogP contribution in [0.4, 0.5) is 11.4 Å². The third kappa shape index (κ3) is 3.00. The summed E-state index contributed by atoms with van der Waals surface area (Å²) in [6.45, 7) is 0. The highest BCUT2D eigenvalue weighted by molar-refractivity contribution is 7.20. The van der Waals surface area contributed by atoms with E-state index in [0.717, 1.165) is 21.5 Å². The maximum absolute atomic E-state index is 12.8. The summed E-state index contributed by atoms with van der Waals surface area (Å²) in [5.41, 5.74) is 7.34. The number of benzene rings is 2. The topological polar surface area (TPSA) is 58.8 Å². The predicted octanol–water partition coefficient (Wildman–Crippen LogP) is 3.62. The Bertz CT molecular complexity index is 891. The van der Waals surface area contributed by atoms with Crippen molar-refractivity contribution in [1.82, 2.24) is 5.01 Å². The molecule has 0 aliphatic rings. The zero-order valence-electron chi connectivity index (χ0n) is 13.8. The fraction of sp³-hybridized carbons (Fsp3) is 0.167. The summed E-state index contributed by atoms with van der Waals surface area (Å²) in [5, 5.41) is 4.36. The lowest BCUT2D eigenvalue weighted by Gasteiger charge is -2.29. The Kier molecular flexibility index (Phi) is 4.31. The molecule has 0 radical (unpaired) electrons. The van der Waals surface area contributed by atoms with Gasteiger partial charge in [0.05, 0.1) is 17.7 Å². The minimum absolute atomic E-state index is 0.0694. The number of ether oxygens (including phenoxy) is 1. The molecule has 0 atom stereocenters. The normalized spacial score (nSPS) is 10.6. The van der Waals surface area contributed by atoms with Crippen molar-refractivity contribution in [3.05, 3.63) is 53.4 Å². The molecular weight excluding hydrogens is 322 g/mol. The van der Waals surface area contributed by atoms with E-state index in [4.69, 9.17) is 10.5 Å². The number of hydrogen-bond acceptors (Lipinski definition) is 5. The van der Waals surface area contributed by atoms with Crippen LogP contribution in [0, 0.1) is 0 Å². The Hall–Kier alpha value is -2.73. The van der Waals surface area contributed by atoms with Crippen molar-refractivity contribution < 1.29 is 9.53 Å². The van der Waals surface area contributed by atoms with E-state index in [2.05, 4.69) is 0 Å². The predicted molar refractivity (Wildman–Crippen MR) is 99.7 cm³/mol. The Morgan fingerprint density at radius 3 is 2.62 bits per heavy atom. The molecule has 5 nitrogen and oxygen atoms in total. The maximum Gasteiger partial charge on any atom is 0.282 e. The zero-order chi connectivity index (χ0) is 17.3. The number of carbonyl (C=O) groups is 1. The van der Waals surface area contributed by atoms with Crippen molar-refractivity contribution in [2.24, 2.45) is 0 Å². The van der Waals surface area contributed by atoms with Crippen LogP contribution in [0.5, 0.6) is 5.75 Å². The number of nitrogen functional groups attached to an aromatic ring is 1. The van der Waals surface area contributed by atoms with Crippen LogP contribution in [0.1, 0.15) is 9.67 Å². The Morgan fingerprint density at radius 1 is 1.12 bits per heavy atom. The van der Waals surface area contributed by atoms with Crippen LogP contribution < -0.4 is 15.5 Å². The Morgan fingerprint density at radius 2 is 1.92 bits per heavy atom. The van der Waals surface area contributed by atoms with E-state index in [9.17, 15) is 4.79 Å². The number of anilines is 2. The number of nitrogens with zero attached hydrogens (tertiary/aromatic N) is 2. The van der Waals surface area contributed by atoms with Gasteiger partial charge in [-0.2, -0.15) is 0 Å². The average molecular weight is 341 g/mol. The molecule has 1 heterocycles. The number of hydrazine groups is 1. The van der Waals surface area contributed by atoms with E-state index in [1.54, 1.807) is 24.2 Å². The number of hydrogen-bond donors (Lipinski definition) is 1. The molecule has 1 aromatic heterocycles. The van der Waals surface area contributed by atoms with Gasteiger partial charge in [-0.15, -0.1) is 11.3 Å². The van der Waals surface area contributed by atoms with Gasteiger partial charge in [-0.1, -0.05) is 6.07 Å². The number of thiophene rings is 1. The molecule has 3 rings (SSSR count). The first-order valence-electron chi connectivity index (χ1n) is 7.44. The lowest BCUT2D eigenvalue weighted by Crippen LogP contribution is -2.41. The second-order valence-electron chi connectivity index (χ2n) is 5.46. The standard InChI is InChI=1S/C18H19N3O2S/c1-20(14-6-4-5-13(19)11-14)21(2)18(22)17-10-12-9-15(23-3)7-8-16(12)24-17/h4-11H,19H2,1-3H3. The first kappa shape index (κ1) is 16.1. The van der Waals surface area contributed by atoms with Gasteiger partial charge in [0.25, 0.3) is 5.91 Å². The number of methoxy groups -OCH3 is 1. The maximum atomic E-state index is 12.8. The quantitative estimate of drug-likeness (QED) is 0.582. The van der Waals surface area contributed by atoms with Crippen LogP contribution in [-0.4, -0.2) is 32.1 Å². The van der Waals surface area contributed by atoms with Gasteiger partial charge in [0.2, 0.25) is 0 Å². The summed E-state index contributed by atoms with van der Waals surface area (Å²) >= 11 is 1.47. The lowest BCUT2D eigenvalue weighted by atomic mass is 10.2. The zero-order valence-corrected chi connectivity index (χ0v) is 14.6. The monoisotopic (exact) mass is 341 g/mol. The van der Waals surface area contributed by atoms with E-state index in [0.29, 0.717) is 10.6 Å². The van der Waals surface area contributed by atoms with Gasteiger partial charge in [-0.05, 0) is 47.9 Å². The van der Waals surface area contributed by atoms with Crippen LogP contribution in [0.15, 0.2) is 48.5 Å². The van der Waals surface area contributed by atoms with Gasteiger partial charge in [-0.3, -0.25) is 14.8 Å². The van der Waals surface area contributed by atoms with Gasteiger partial charge < -0.3 is 10.5 Å². The van der Waals surface area contributed by atoms with Gasteiger partial charge in [0.15, 0.2) is 0 Å². The van der Waals surface area contributed by atoms with Crippen molar-refractivity contribution >= 4 is 38.7 Å². The first-order chi connectivity index (χ1) is 11.5. The van der Waals surface area contributed by atoms with E-state index in [1.165, 1.54) is 11.3 Å². The number of nitrogens with two attached hydrogens (primary N) is 1. The molecule has 2 N–H and O–H groups in total. The van der Waals surface area contributed by atoms with Crippen molar-refractivity contribution in [3.63, 3.8) is 0 Å². The van der Waals surface area contributed by atoms with Crippen LogP contribution >= 0.6 is 11.3 Å². The van der Waals surface area contributed by atoms with Gasteiger partial charge >= 0.3 is 0 Å². The average Bonchev–Trinajstić information content (AvgIpc) is 3.02. The fourth-order valence-electron chi connectivity index (χ4n) is 2.45. The molecule has 1 amide bonds. The molecule has 0 unspecified atom stereocenters. The van der Waals surface area contributed by atoms with Crippen LogP contribution in [0.2, 0.25) is 0 Å². The van der Waals surface area contributed by atoms with Gasteiger partial charge in [0.1, 0.15) is 5.75 Å². The summed E-state index contributed by atoms with van der Waals surface area (Å²) in [4.78, 5) is 13.5. The lowest BCUT2D eigenvalue weighted by molar-refractivity contribution is 0.0791. The largest absolute Gasteiger partial charge is 0.497 e. The molecule has 124 valence electrons. The van der Waals surface area contributed by atoms with Crippen molar-refractivity contribution in [2.75, 3.05) is 31.9 Å². The molecule has 0 saturated heterocycles. The van der Waals surface area contributed by atoms with Crippen molar-refractivity contribution in [2.45, 2.75) is 0 Å². The Balaban J connectivity index is 1.87. The Labute approximate surface area is 144 Å². The molecule has 0 fully saturated rings. The van der Waals surface area contributed by atoms with E-state index in [1.807, 2.05) is 55.6 Å². The summed E-state index contributed by atoms with van der Waals surface area (Å²) < 4.78 is 6.29. The highest BCUT2D eigenvalue weighted by atomic mass is 32.1. The first-order valence-corrected chi connectivity index (χ1v) is 8.26. The minimum atomic E-state index is -0.0694. The highest BCUT2D eigenvalue weighted by Crippen LogP contribution is 2.30. The van der Waals surface area contributed by atoms with Gasteiger partial charge in [-0.25, -0.2) is 0 Å². The molecule has 2 aromatic carbocycles. The van der Waals surface area contributed by atoms with E-state index in [-0.39, 0.29) is 5.91 Å². The fourth-order valence-corrected chi connectivity index (χ4v) is 3.46. The van der Waals surface area contributed by atoms with E-state index >= 15 is 0 Å². The molecule has 0 bridgehead atoms. The van der Waals surface area contributed by atoms with Crippen molar-refractivity contribution in [1.29, 1.82) is 0 Å². The summed E-state index contributed by atoms with van der Waals surface area (Å²) in [7, 11) is 5.22. The van der Waals surface area contributed by atoms with Crippen LogP contribution in [-0.2, 0) is 0 Å². The number of carbonyl (C=O) groups excluding carboxylic acids is 1. The minimum Gasteiger partial charge on any atom is -0.497 e. The van der Waals surface area contributed by atoms with Crippen molar-refractivity contribution in [3.8, 4) is 5.75 Å². The molecule has 0 aliphatic carbocycles. The smallest absolute Gasteiger partial charge is 0.282 e. The van der Waals surface area contributed by atoms with Gasteiger partial charge in [0, 0.05) is 24.5 Å². The second kappa shape index (κ2) is 6.41. The number of rotatable bonds is 4. The molecule has 0 aliphatic heterocycles. The molecule has 0 saturated carbocycles. The molecule has 6 heteroatoms.